The highest BCUT2D eigenvalue weighted by atomic mass is 16.5. The van der Waals surface area contributed by atoms with E-state index in [1.165, 1.54) is 6.20 Å². The molecule has 2 rings (SSSR count). The summed E-state index contributed by atoms with van der Waals surface area (Å²) in [7, 11) is 0. The number of nitrogens with one attached hydrogen (secondary N) is 2. The first kappa shape index (κ1) is 12.8. The highest BCUT2D eigenvalue weighted by Gasteiger charge is 2.24. The molecule has 0 aliphatic carbocycles. The molecule has 0 radical (unpaired) electrons. The Balaban J connectivity index is 1.95. The average Bonchev–Trinajstić information content (AvgIpc) is 2.81. The van der Waals surface area contributed by atoms with Crippen LogP contribution in [-0.4, -0.2) is 30.1 Å². The van der Waals surface area contributed by atoms with Crippen molar-refractivity contribution in [1.82, 2.24) is 10.3 Å². The molecule has 4 N–H and O–H groups in total. The van der Waals surface area contributed by atoms with Crippen molar-refractivity contribution < 1.29 is 9.53 Å². The van der Waals surface area contributed by atoms with E-state index in [0.717, 1.165) is 13.0 Å². The lowest BCUT2D eigenvalue weighted by Crippen LogP contribution is -2.32. The average molecular weight is 250 g/mol. The minimum Gasteiger partial charge on any atom is -0.378 e. The highest BCUT2D eigenvalue weighted by molar-refractivity contribution is 5.99. The third-order valence-electron chi connectivity index (χ3n) is 3.28. The number of pyridine rings is 1. The topological polar surface area (TPSA) is 89.3 Å². The molecule has 1 amide bonds. The summed E-state index contributed by atoms with van der Waals surface area (Å²) in [5.41, 5.74) is 3.51. The van der Waals surface area contributed by atoms with Gasteiger partial charge in [0.1, 0.15) is 0 Å². The van der Waals surface area contributed by atoms with Crippen LogP contribution in [0.1, 0.15) is 23.7 Å². The third-order valence-corrected chi connectivity index (χ3v) is 3.28. The number of carbonyl (C=O) groups excluding carboxylic acids is 1. The lowest BCUT2D eigenvalue weighted by molar-refractivity contribution is 0.0907. The second-order valence-electron chi connectivity index (χ2n) is 4.40. The van der Waals surface area contributed by atoms with Crippen LogP contribution < -0.4 is 16.6 Å². The first-order chi connectivity index (χ1) is 8.72. The summed E-state index contributed by atoms with van der Waals surface area (Å²) >= 11 is 0. The van der Waals surface area contributed by atoms with E-state index in [0.29, 0.717) is 23.7 Å². The molecule has 6 nitrogen and oxygen atoms in total. The summed E-state index contributed by atoms with van der Waals surface area (Å²) in [6.07, 6.45) is 4.26. The summed E-state index contributed by atoms with van der Waals surface area (Å²) in [5, 5.41) is 2.89. The Kier molecular flexibility index (Phi) is 4.11. The van der Waals surface area contributed by atoms with E-state index < -0.39 is 0 Å². The van der Waals surface area contributed by atoms with Gasteiger partial charge in [0.2, 0.25) is 0 Å². The Morgan fingerprint density at radius 2 is 2.50 bits per heavy atom. The molecule has 1 saturated heterocycles. The zero-order valence-corrected chi connectivity index (χ0v) is 10.3. The van der Waals surface area contributed by atoms with E-state index >= 15 is 0 Å². The molecule has 1 fully saturated rings. The lowest BCUT2D eigenvalue weighted by Gasteiger charge is -2.15. The molecular weight excluding hydrogens is 232 g/mol. The van der Waals surface area contributed by atoms with Crippen molar-refractivity contribution in [2.45, 2.75) is 19.4 Å². The number of hydrazine groups is 1. The SMILES string of the molecule is CC1OCCC1CNC(=O)c1cnccc1NN. The van der Waals surface area contributed by atoms with Crippen molar-refractivity contribution in [3.63, 3.8) is 0 Å². The van der Waals surface area contributed by atoms with Gasteiger partial charge in [-0.15, -0.1) is 0 Å². The molecule has 0 bridgehead atoms. The quantitative estimate of drug-likeness (QED) is 0.535. The number of nitrogens with zero attached hydrogens (tertiary/aromatic N) is 1. The van der Waals surface area contributed by atoms with E-state index in [1.807, 2.05) is 6.92 Å². The smallest absolute Gasteiger partial charge is 0.255 e. The molecule has 1 aliphatic heterocycles. The Morgan fingerprint density at radius 3 is 3.17 bits per heavy atom. The molecule has 18 heavy (non-hydrogen) atoms. The summed E-state index contributed by atoms with van der Waals surface area (Å²) in [6.45, 7) is 3.41. The van der Waals surface area contributed by atoms with Crippen molar-refractivity contribution in [3.05, 3.63) is 24.0 Å². The molecule has 1 aromatic heterocycles. The number of nitrogen functional groups attached to an aromatic ring is 1. The van der Waals surface area contributed by atoms with Gasteiger partial charge in [0, 0.05) is 31.5 Å². The van der Waals surface area contributed by atoms with Gasteiger partial charge in [0.05, 0.1) is 17.4 Å². The number of hydrogen-bond donors (Lipinski definition) is 3. The van der Waals surface area contributed by atoms with E-state index in [1.54, 1.807) is 12.3 Å². The van der Waals surface area contributed by atoms with Gasteiger partial charge >= 0.3 is 0 Å². The van der Waals surface area contributed by atoms with Crippen LogP contribution in [-0.2, 0) is 4.74 Å². The van der Waals surface area contributed by atoms with Gasteiger partial charge in [-0.25, -0.2) is 0 Å². The number of ether oxygens (including phenoxy) is 1. The molecule has 2 heterocycles. The minimum absolute atomic E-state index is 0.171. The van der Waals surface area contributed by atoms with E-state index in [9.17, 15) is 4.79 Å². The zero-order valence-electron chi connectivity index (χ0n) is 10.3. The molecule has 0 aromatic carbocycles. The maximum absolute atomic E-state index is 12.0. The van der Waals surface area contributed by atoms with Gasteiger partial charge in [-0.05, 0) is 19.4 Å². The second kappa shape index (κ2) is 5.79. The number of rotatable bonds is 4. The number of aromatic nitrogens is 1. The number of anilines is 1. The largest absolute Gasteiger partial charge is 0.378 e. The van der Waals surface area contributed by atoms with Crippen molar-refractivity contribution in [1.29, 1.82) is 0 Å². The van der Waals surface area contributed by atoms with Gasteiger partial charge in [-0.2, -0.15) is 0 Å². The number of amides is 1. The van der Waals surface area contributed by atoms with Crippen LogP contribution in [0.15, 0.2) is 18.5 Å². The predicted molar refractivity (Wildman–Crippen MR) is 67.9 cm³/mol. The van der Waals surface area contributed by atoms with Crippen LogP contribution >= 0.6 is 0 Å². The molecule has 98 valence electrons. The summed E-state index contributed by atoms with van der Waals surface area (Å²) in [5.74, 6) is 5.55. The summed E-state index contributed by atoms with van der Waals surface area (Å²) in [6, 6.07) is 1.66. The Labute approximate surface area is 106 Å². The van der Waals surface area contributed by atoms with Gasteiger partial charge in [0.15, 0.2) is 0 Å². The Bertz CT molecular complexity index is 424. The molecule has 0 saturated carbocycles. The summed E-state index contributed by atoms with van der Waals surface area (Å²) < 4.78 is 5.45. The minimum atomic E-state index is -0.171. The van der Waals surface area contributed by atoms with Crippen molar-refractivity contribution in [2.24, 2.45) is 11.8 Å². The molecule has 1 aliphatic rings. The molecule has 6 heteroatoms. The molecule has 2 atom stereocenters. The van der Waals surface area contributed by atoms with Crippen molar-refractivity contribution >= 4 is 11.6 Å². The summed E-state index contributed by atoms with van der Waals surface area (Å²) in [4.78, 5) is 15.9. The number of hydrogen-bond acceptors (Lipinski definition) is 5. The first-order valence-corrected chi connectivity index (χ1v) is 6.02. The fraction of sp³-hybridized carbons (Fsp3) is 0.500. The maximum atomic E-state index is 12.0. The van der Waals surface area contributed by atoms with Crippen LogP contribution in [0.5, 0.6) is 0 Å². The number of carbonyl (C=O) groups is 1. The standard InChI is InChI=1S/C12H18N4O2/c1-8-9(3-5-18-8)6-15-12(17)10-7-14-4-2-11(10)16-13/h2,4,7-9H,3,5-6,13H2,1H3,(H,14,16)(H,15,17). The number of nitrogens with two attached hydrogens (primary N) is 1. The van der Waals surface area contributed by atoms with Gasteiger partial charge in [0.25, 0.3) is 5.91 Å². The molecule has 1 aromatic rings. The van der Waals surface area contributed by atoms with Crippen molar-refractivity contribution in [2.75, 3.05) is 18.6 Å². The zero-order chi connectivity index (χ0) is 13.0. The highest BCUT2D eigenvalue weighted by Crippen LogP contribution is 2.19. The monoisotopic (exact) mass is 250 g/mol. The van der Waals surface area contributed by atoms with Crippen molar-refractivity contribution in [3.8, 4) is 0 Å². The first-order valence-electron chi connectivity index (χ1n) is 6.02. The van der Waals surface area contributed by atoms with E-state index in [2.05, 4.69) is 15.7 Å². The molecular formula is C12H18N4O2. The Morgan fingerprint density at radius 1 is 1.67 bits per heavy atom. The normalized spacial score (nSPS) is 22.8. The van der Waals surface area contributed by atoms with Gasteiger partial charge in [-0.3, -0.25) is 15.6 Å². The van der Waals surface area contributed by atoms with Crippen LogP contribution in [0.2, 0.25) is 0 Å². The van der Waals surface area contributed by atoms with E-state index in [4.69, 9.17) is 10.6 Å². The molecule has 2 unspecified atom stereocenters. The second-order valence-corrected chi connectivity index (χ2v) is 4.40. The van der Waals surface area contributed by atoms with Crippen LogP contribution in [0, 0.1) is 5.92 Å². The third kappa shape index (κ3) is 2.77. The van der Waals surface area contributed by atoms with E-state index in [-0.39, 0.29) is 12.0 Å². The van der Waals surface area contributed by atoms with Crippen LogP contribution in [0.25, 0.3) is 0 Å². The van der Waals surface area contributed by atoms with Crippen LogP contribution in [0.3, 0.4) is 0 Å². The van der Waals surface area contributed by atoms with Crippen LogP contribution in [0.4, 0.5) is 5.69 Å². The fourth-order valence-corrected chi connectivity index (χ4v) is 2.06. The fourth-order valence-electron chi connectivity index (χ4n) is 2.06. The van der Waals surface area contributed by atoms with Gasteiger partial charge in [-0.1, -0.05) is 0 Å². The van der Waals surface area contributed by atoms with Gasteiger partial charge < -0.3 is 15.5 Å². The predicted octanol–water partition coefficient (Wildman–Crippen LogP) is 0.522. The maximum Gasteiger partial charge on any atom is 0.255 e. The lowest BCUT2D eigenvalue weighted by atomic mass is 10.0. The Hall–Kier alpha value is -1.66. The molecule has 0 spiro atoms.